The Morgan fingerprint density at radius 1 is 0.880 bits per heavy atom. The van der Waals surface area contributed by atoms with Gasteiger partial charge in [0.2, 0.25) is 0 Å². The van der Waals surface area contributed by atoms with Crippen LogP contribution < -0.4 is 10.6 Å². The minimum Gasteiger partial charge on any atom is -0.318 e. The van der Waals surface area contributed by atoms with Crippen LogP contribution in [0.4, 0.5) is 11.4 Å². The van der Waals surface area contributed by atoms with E-state index in [-0.39, 0.29) is 5.78 Å². The Morgan fingerprint density at radius 2 is 1.52 bits per heavy atom. The maximum atomic E-state index is 12.0. The first-order valence-electron chi connectivity index (χ1n) is 8.32. The maximum absolute atomic E-state index is 12.0. The average Bonchev–Trinajstić information content (AvgIpc) is 2.61. The number of benzene rings is 2. The van der Waals surface area contributed by atoms with Crippen molar-refractivity contribution < 1.29 is 14.4 Å². The number of rotatable bonds is 6. The Bertz CT molecular complexity index is 767. The molecule has 25 heavy (non-hydrogen) atoms. The topological polar surface area (TPSA) is 75.3 Å². The predicted octanol–water partition coefficient (Wildman–Crippen LogP) is 3.81. The van der Waals surface area contributed by atoms with Gasteiger partial charge in [-0.1, -0.05) is 37.6 Å². The number of aryl methyl sites for hydroxylation is 1. The maximum Gasteiger partial charge on any atom is 0.314 e. The fourth-order valence-electron chi connectivity index (χ4n) is 2.33. The molecule has 0 heterocycles. The van der Waals surface area contributed by atoms with Crippen LogP contribution in [0, 0.1) is 0 Å². The lowest BCUT2D eigenvalue weighted by Crippen LogP contribution is -2.29. The van der Waals surface area contributed by atoms with Crippen molar-refractivity contribution in [2.75, 3.05) is 10.6 Å². The first-order chi connectivity index (χ1) is 12.0. The summed E-state index contributed by atoms with van der Waals surface area (Å²) in [4.78, 5) is 35.4. The summed E-state index contributed by atoms with van der Waals surface area (Å²) in [5.74, 6) is -1.64. The van der Waals surface area contributed by atoms with Crippen LogP contribution in [-0.2, 0) is 16.0 Å². The summed E-state index contributed by atoms with van der Waals surface area (Å²) in [5, 5.41) is 5.06. The van der Waals surface area contributed by atoms with Crippen molar-refractivity contribution in [1.82, 2.24) is 0 Å². The number of ketones is 1. The molecule has 0 saturated heterocycles. The van der Waals surface area contributed by atoms with E-state index in [9.17, 15) is 14.4 Å². The van der Waals surface area contributed by atoms with Crippen molar-refractivity contribution in [3.05, 3.63) is 59.7 Å². The molecule has 0 aliphatic carbocycles. The van der Waals surface area contributed by atoms with E-state index < -0.39 is 11.8 Å². The lowest BCUT2D eigenvalue weighted by molar-refractivity contribution is -0.132. The Kier molecular flexibility index (Phi) is 6.46. The summed E-state index contributed by atoms with van der Waals surface area (Å²) in [7, 11) is 0. The molecule has 130 valence electrons. The van der Waals surface area contributed by atoms with E-state index in [1.54, 1.807) is 30.3 Å². The van der Waals surface area contributed by atoms with Crippen LogP contribution in [0.5, 0.6) is 0 Å². The molecule has 0 aromatic heterocycles. The van der Waals surface area contributed by atoms with Gasteiger partial charge in [0.25, 0.3) is 0 Å². The quantitative estimate of drug-likeness (QED) is 0.621. The number of anilines is 2. The molecule has 0 saturated carbocycles. The molecule has 0 radical (unpaired) electrons. The van der Waals surface area contributed by atoms with Crippen molar-refractivity contribution in [2.24, 2.45) is 0 Å². The van der Waals surface area contributed by atoms with Gasteiger partial charge in [-0.15, -0.1) is 0 Å². The summed E-state index contributed by atoms with van der Waals surface area (Å²) < 4.78 is 0. The standard InChI is InChI=1S/C20H22N2O3/c1-3-4-6-15-9-11-17(12-10-15)21-19(24)20(25)22-18-8-5-7-16(13-18)14(2)23/h5,7-13H,3-4,6H2,1-2H3,(H,21,24)(H,22,25). The SMILES string of the molecule is CCCCc1ccc(NC(=O)C(=O)Nc2cccc(C(C)=O)c2)cc1. The molecule has 0 fully saturated rings. The van der Waals surface area contributed by atoms with Gasteiger partial charge in [0.1, 0.15) is 0 Å². The number of hydrogen-bond acceptors (Lipinski definition) is 3. The number of amides is 2. The zero-order valence-corrected chi connectivity index (χ0v) is 14.5. The molecule has 2 amide bonds. The van der Waals surface area contributed by atoms with Crippen LogP contribution in [-0.4, -0.2) is 17.6 Å². The summed E-state index contributed by atoms with van der Waals surface area (Å²) in [5.41, 5.74) is 2.65. The van der Waals surface area contributed by atoms with Crippen LogP contribution in [0.2, 0.25) is 0 Å². The second kappa shape index (κ2) is 8.78. The molecule has 2 aromatic carbocycles. The van der Waals surface area contributed by atoms with Crippen molar-refractivity contribution in [3.8, 4) is 0 Å². The number of carbonyl (C=O) groups excluding carboxylic acids is 3. The zero-order valence-electron chi connectivity index (χ0n) is 14.5. The summed E-state index contributed by atoms with van der Waals surface area (Å²) in [6.07, 6.45) is 3.24. The number of nitrogens with one attached hydrogen (secondary N) is 2. The average molecular weight is 338 g/mol. The van der Waals surface area contributed by atoms with Crippen molar-refractivity contribution in [1.29, 1.82) is 0 Å². The first kappa shape index (κ1) is 18.4. The highest BCUT2D eigenvalue weighted by molar-refractivity contribution is 6.43. The molecule has 0 atom stereocenters. The summed E-state index contributed by atoms with van der Waals surface area (Å²) in [6.45, 7) is 3.58. The largest absolute Gasteiger partial charge is 0.318 e. The molecule has 2 aromatic rings. The van der Waals surface area contributed by atoms with Gasteiger partial charge in [-0.05, 0) is 49.6 Å². The number of hydrogen-bond donors (Lipinski definition) is 2. The minimum atomic E-state index is -0.782. The molecule has 2 N–H and O–H groups in total. The van der Waals surface area contributed by atoms with Crippen molar-refractivity contribution >= 4 is 29.0 Å². The highest BCUT2D eigenvalue weighted by atomic mass is 16.2. The van der Waals surface area contributed by atoms with E-state index in [4.69, 9.17) is 0 Å². The fraction of sp³-hybridized carbons (Fsp3) is 0.250. The Balaban J connectivity index is 1.95. The van der Waals surface area contributed by atoms with E-state index in [2.05, 4.69) is 17.6 Å². The van der Waals surface area contributed by atoms with Gasteiger partial charge in [-0.2, -0.15) is 0 Å². The van der Waals surface area contributed by atoms with Crippen molar-refractivity contribution in [3.63, 3.8) is 0 Å². The molecule has 0 unspecified atom stereocenters. The lowest BCUT2D eigenvalue weighted by Gasteiger charge is -2.08. The molecule has 0 aliphatic rings. The highest BCUT2D eigenvalue weighted by Gasteiger charge is 2.14. The van der Waals surface area contributed by atoms with Gasteiger partial charge in [-0.3, -0.25) is 14.4 Å². The molecule has 0 aliphatic heterocycles. The number of Topliss-reactive ketones (excluding diaryl/α,β-unsaturated/α-hetero) is 1. The third-order valence-electron chi connectivity index (χ3n) is 3.76. The molecule has 0 spiro atoms. The van der Waals surface area contributed by atoms with E-state index >= 15 is 0 Å². The van der Waals surface area contributed by atoms with Gasteiger partial charge >= 0.3 is 11.8 Å². The molecule has 5 nitrogen and oxygen atoms in total. The second-order valence-corrected chi connectivity index (χ2v) is 5.85. The van der Waals surface area contributed by atoms with E-state index in [1.165, 1.54) is 18.6 Å². The molecule has 5 heteroatoms. The minimum absolute atomic E-state index is 0.108. The molecule has 0 bridgehead atoms. The Morgan fingerprint density at radius 3 is 2.12 bits per heavy atom. The Labute approximate surface area is 147 Å². The van der Waals surface area contributed by atoms with E-state index in [0.717, 1.165) is 19.3 Å². The number of carbonyl (C=O) groups is 3. The van der Waals surface area contributed by atoms with Gasteiger partial charge in [-0.25, -0.2) is 0 Å². The normalized spacial score (nSPS) is 10.2. The van der Waals surface area contributed by atoms with Crippen LogP contribution in [0.1, 0.15) is 42.6 Å². The smallest absolute Gasteiger partial charge is 0.314 e. The second-order valence-electron chi connectivity index (χ2n) is 5.85. The van der Waals surface area contributed by atoms with E-state index in [0.29, 0.717) is 16.9 Å². The number of unbranched alkanes of at least 4 members (excludes halogenated alkanes) is 1. The molecule has 2 rings (SSSR count). The van der Waals surface area contributed by atoms with Gasteiger partial charge in [0.05, 0.1) is 0 Å². The van der Waals surface area contributed by atoms with Gasteiger partial charge < -0.3 is 10.6 Å². The zero-order chi connectivity index (χ0) is 18.2. The summed E-state index contributed by atoms with van der Waals surface area (Å²) >= 11 is 0. The first-order valence-corrected chi connectivity index (χ1v) is 8.32. The van der Waals surface area contributed by atoms with Crippen LogP contribution >= 0.6 is 0 Å². The third-order valence-corrected chi connectivity index (χ3v) is 3.76. The monoisotopic (exact) mass is 338 g/mol. The predicted molar refractivity (Wildman–Crippen MR) is 98.8 cm³/mol. The molecular weight excluding hydrogens is 316 g/mol. The van der Waals surface area contributed by atoms with Crippen LogP contribution in [0.25, 0.3) is 0 Å². The van der Waals surface area contributed by atoms with Gasteiger partial charge in [0.15, 0.2) is 5.78 Å². The highest BCUT2D eigenvalue weighted by Crippen LogP contribution is 2.13. The third kappa shape index (κ3) is 5.57. The van der Waals surface area contributed by atoms with Crippen molar-refractivity contribution in [2.45, 2.75) is 33.1 Å². The lowest BCUT2D eigenvalue weighted by atomic mass is 10.1. The summed E-state index contributed by atoms with van der Waals surface area (Å²) in [6, 6.07) is 13.9. The van der Waals surface area contributed by atoms with E-state index in [1.807, 2.05) is 12.1 Å². The van der Waals surface area contributed by atoms with Crippen LogP contribution in [0.15, 0.2) is 48.5 Å². The van der Waals surface area contributed by atoms with Crippen LogP contribution in [0.3, 0.4) is 0 Å². The Hall–Kier alpha value is -2.95. The fourth-order valence-corrected chi connectivity index (χ4v) is 2.33. The van der Waals surface area contributed by atoms with Gasteiger partial charge in [0, 0.05) is 16.9 Å². The molecular formula is C20H22N2O3.